The lowest BCUT2D eigenvalue weighted by molar-refractivity contribution is 0.0728. The Morgan fingerprint density at radius 2 is 2.18 bits per heavy atom. The van der Waals surface area contributed by atoms with Crippen LogP contribution in [0.3, 0.4) is 0 Å². The highest BCUT2D eigenvalue weighted by atomic mass is 19.1. The summed E-state index contributed by atoms with van der Waals surface area (Å²) in [6, 6.07) is 1.70. The number of pyridine rings is 1. The van der Waals surface area contributed by atoms with Crippen LogP contribution in [0.25, 0.3) is 11.1 Å². The van der Waals surface area contributed by atoms with Crippen LogP contribution in [-0.2, 0) is 24.3 Å². The van der Waals surface area contributed by atoms with Crippen molar-refractivity contribution in [1.82, 2.24) is 19.9 Å². The molecule has 33 heavy (non-hydrogen) atoms. The number of hydrogen-bond donors (Lipinski definition) is 1. The Labute approximate surface area is 190 Å². The van der Waals surface area contributed by atoms with Crippen LogP contribution in [0, 0.1) is 6.92 Å². The predicted octanol–water partition coefficient (Wildman–Crippen LogP) is 3.54. The third-order valence-corrected chi connectivity index (χ3v) is 6.28. The highest BCUT2D eigenvalue weighted by molar-refractivity contribution is 6.10. The molecule has 0 unspecified atom stereocenters. The molecule has 5 rings (SSSR count). The van der Waals surface area contributed by atoms with Crippen molar-refractivity contribution >= 4 is 22.8 Å². The number of halogens is 1. The number of furan rings is 1. The number of aromatic nitrogens is 3. The van der Waals surface area contributed by atoms with Gasteiger partial charge in [0.2, 0.25) is 12.6 Å². The Hall–Kier alpha value is -3.27. The minimum absolute atomic E-state index is 0.0225. The smallest absolute Gasteiger partial charge is 0.258 e. The first-order valence-corrected chi connectivity index (χ1v) is 10.9. The number of anilines is 1. The van der Waals surface area contributed by atoms with E-state index >= 15 is 0 Å². The normalized spacial score (nSPS) is 16.5. The number of carbonyl (C=O) groups excluding carboxylic acids is 1. The minimum Gasteiger partial charge on any atom is -0.463 e. The largest absolute Gasteiger partial charge is 0.463 e. The average Bonchev–Trinajstić information content (AvgIpc) is 3.41. The lowest BCUT2D eigenvalue weighted by Gasteiger charge is -2.29. The summed E-state index contributed by atoms with van der Waals surface area (Å²) in [6.07, 6.45) is 4.03. The van der Waals surface area contributed by atoms with Crippen LogP contribution in [0.1, 0.15) is 52.8 Å². The molecule has 0 saturated heterocycles. The van der Waals surface area contributed by atoms with Crippen LogP contribution >= 0.6 is 0 Å². The topological polar surface area (TPSA) is 103 Å². The van der Waals surface area contributed by atoms with Gasteiger partial charge in [-0.3, -0.25) is 9.78 Å². The molecular formula is C23H26FN5O4. The summed E-state index contributed by atoms with van der Waals surface area (Å²) in [5.74, 6) is 1.37. The Morgan fingerprint density at radius 1 is 1.36 bits per heavy atom. The van der Waals surface area contributed by atoms with Gasteiger partial charge in [-0.05, 0) is 33.1 Å². The van der Waals surface area contributed by atoms with Gasteiger partial charge in [-0.2, -0.15) is 0 Å². The lowest BCUT2D eigenvalue weighted by atomic mass is 10.0. The lowest BCUT2D eigenvalue weighted by Crippen LogP contribution is -2.37. The second-order valence-corrected chi connectivity index (χ2v) is 8.82. The van der Waals surface area contributed by atoms with Crippen LogP contribution in [0.2, 0.25) is 0 Å². The second-order valence-electron chi connectivity index (χ2n) is 8.82. The molecule has 174 valence electrons. The van der Waals surface area contributed by atoms with Gasteiger partial charge in [-0.25, -0.2) is 14.4 Å². The molecule has 9 nitrogen and oxygen atoms in total. The molecule has 1 saturated carbocycles. The maximum Gasteiger partial charge on any atom is 0.258 e. The Kier molecular flexibility index (Phi) is 5.40. The number of alkyl halides is 1. The number of hydrogen-bond acceptors (Lipinski definition) is 8. The Balaban J connectivity index is 1.50. The van der Waals surface area contributed by atoms with E-state index in [4.69, 9.17) is 13.9 Å². The molecule has 1 amide bonds. The zero-order valence-electron chi connectivity index (χ0n) is 18.9. The van der Waals surface area contributed by atoms with Crippen LogP contribution in [-0.4, -0.2) is 51.8 Å². The van der Waals surface area contributed by atoms with Crippen molar-refractivity contribution in [3.63, 3.8) is 0 Å². The number of amides is 1. The monoisotopic (exact) mass is 455 g/mol. The summed E-state index contributed by atoms with van der Waals surface area (Å²) in [4.78, 5) is 28.7. The molecule has 3 aromatic heterocycles. The SMILES string of the molecule is COCc1cc(OCF)c2c(n1)CN(C(=O)c1c(C)oc3ncnc(NC4(C)CC4)c13)CC2. The summed E-state index contributed by atoms with van der Waals surface area (Å²) in [5.41, 5.74) is 2.93. The molecule has 0 atom stereocenters. The van der Waals surface area contributed by atoms with E-state index in [2.05, 4.69) is 27.2 Å². The summed E-state index contributed by atoms with van der Waals surface area (Å²) < 4.78 is 29.1. The van der Waals surface area contributed by atoms with Crippen molar-refractivity contribution in [3.8, 4) is 5.75 Å². The first-order valence-electron chi connectivity index (χ1n) is 10.9. The maximum atomic E-state index is 13.7. The maximum absolute atomic E-state index is 13.7. The number of rotatable bonds is 7. The van der Waals surface area contributed by atoms with E-state index in [0.29, 0.717) is 58.3 Å². The van der Waals surface area contributed by atoms with Gasteiger partial charge in [0.25, 0.3) is 5.91 Å². The molecule has 10 heteroatoms. The van der Waals surface area contributed by atoms with Crippen LogP contribution in [0.15, 0.2) is 16.8 Å². The third kappa shape index (κ3) is 3.99. The van der Waals surface area contributed by atoms with E-state index in [-0.39, 0.29) is 24.6 Å². The van der Waals surface area contributed by atoms with Crippen molar-refractivity contribution < 1.29 is 23.1 Å². The van der Waals surface area contributed by atoms with Crippen molar-refractivity contribution in [2.75, 3.05) is 25.8 Å². The van der Waals surface area contributed by atoms with Crippen molar-refractivity contribution in [2.45, 2.75) is 51.8 Å². The summed E-state index contributed by atoms with van der Waals surface area (Å²) in [6.45, 7) is 3.93. The quantitative estimate of drug-likeness (QED) is 0.577. The van der Waals surface area contributed by atoms with Gasteiger partial charge in [-0.1, -0.05) is 0 Å². The van der Waals surface area contributed by atoms with E-state index in [1.54, 1.807) is 25.0 Å². The molecule has 2 aliphatic rings. The van der Waals surface area contributed by atoms with Crippen molar-refractivity contribution in [2.24, 2.45) is 0 Å². The standard InChI is InChI=1S/C23H26FN5O4/c1-13-18(19-20(28-23(2)5-6-23)25-12-26-21(19)33-13)22(30)29-7-4-15-16(9-29)27-14(10-31-3)8-17(15)32-11-24/h8,12H,4-7,9-11H2,1-3H3,(H,25,26,28). The van der Waals surface area contributed by atoms with E-state index in [1.165, 1.54) is 6.33 Å². The Bertz CT molecular complexity index is 1220. The molecule has 1 N–H and O–H groups in total. The average molecular weight is 455 g/mol. The molecular weight excluding hydrogens is 429 g/mol. The number of carbonyl (C=O) groups is 1. The van der Waals surface area contributed by atoms with Gasteiger partial charge in [0.1, 0.15) is 23.7 Å². The number of nitrogens with zero attached hydrogens (tertiary/aromatic N) is 4. The first kappa shape index (κ1) is 21.6. The van der Waals surface area contributed by atoms with E-state index in [9.17, 15) is 9.18 Å². The van der Waals surface area contributed by atoms with Crippen LogP contribution in [0.4, 0.5) is 10.2 Å². The van der Waals surface area contributed by atoms with E-state index in [1.807, 2.05) is 0 Å². The third-order valence-electron chi connectivity index (χ3n) is 6.28. The van der Waals surface area contributed by atoms with Gasteiger partial charge in [0, 0.05) is 30.8 Å². The molecule has 0 aromatic carbocycles. The zero-order chi connectivity index (χ0) is 23.2. The van der Waals surface area contributed by atoms with Crippen LogP contribution < -0.4 is 10.1 Å². The van der Waals surface area contributed by atoms with Crippen LogP contribution in [0.5, 0.6) is 5.75 Å². The molecule has 0 bridgehead atoms. The minimum atomic E-state index is -0.930. The highest BCUT2D eigenvalue weighted by Crippen LogP contribution is 2.40. The highest BCUT2D eigenvalue weighted by Gasteiger charge is 2.39. The van der Waals surface area contributed by atoms with Gasteiger partial charge in [-0.15, -0.1) is 0 Å². The molecule has 1 aliphatic heterocycles. The van der Waals surface area contributed by atoms with Crippen molar-refractivity contribution in [1.29, 1.82) is 0 Å². The number of methoxy groups -OCH3 is 1. The number of aryl methyl sites for hydroxylation is 1. The summed E-state index contributed by atoms with van der Waals surface area (Å²) in [5, 5.41) is 4.04. The predicted molar refractivity (Wildman–Crippen MR) is 118 cm³/mol. The second kappa shape index (κ2) is 8.26. The molecule has 4 heterocycles. The number of ether oxygens (including phenoxy) is 2. The first-order chi connectivity index (χ1) is 15.9. The number of fused-ring (bicyclic) bond motifs is 2. The molecule has 3 aromatic rings. The van der Waals surface area contributed by atoms with Crippen molar-refractivity contribution in [3.05, 3.63) is 40.7 Å². The fourth-order valence-corrected chi connectivity index (χ4v) is 4.29. The number of nitrogens with one attached hydrogen (secondary N) is 1. The van der Waals surface area contributed by atoms with Gasteiger partial charge in [0.05, 0.1) is 35.5 Å². The molecule has 0 spiro atoms. The Morgan fingerprint density at radius 3 is 2.91 bits per heavy atom. The van der Waals surface area contributed by atoms with E-state index < -0.39 is 6.86 Å². The molecule has 1 fully saturated rings. The summed E-state index contributed by atoms with van der Waals surface area (Å²) in [7, 11) is 1.56. The van der Waals surface area contributed by atoms with Gasteiger partial charge < -0.3 is 24.1 Å². The van der Waals surface area contributed by atoms with Gasteiger partial charge >= 0.3 is 0 Å². The van der Waals surface area contributed by atoms with E-state index in [0.717, 1.165) is 18.4 Å². The molecule has 1 aliphatic carbocycles. The fraction of sp³-hybridized carbons (Fsp3) is 0.478. The molecule has 0 radical (unpaired) electrons. The fourth-order valence-electron chi connectivity index (χ4n) is 4.29. The summed E-state index contributed by atoms with van der Waals surface area (Å²) >= 11 is 0. The van der Waals surface area contributed by atoms with Gasteiger partial charge in [0.15, 0.2) is 0 Å². The zero-order valence-corrected chi connectivity index (χ0v) is 18.9.